The fourth-order valence-corrected chi connectivity index (χ4v) is 4.55. The highest BCUT2D eigenvalue weighted by Crippen LogP contribution is 2.30. The summed E-state index contributed by atoms with van der Waals surface area (Å²) in [4.78, 5) is 16.6. The van der Waals surface area contributed by atoms with E-state index < -0.39 is 21.7 Å². The van der Waals surface area contributed by atoms with Crippen LogP contribution in [0.3, 0.4) is 0 Å². The number of imidazole rings is 1. The summed E-state index contributed by atoms with van der Waals surface area (Å²) in [7, 11) is -3.92. The number of aromatic nitrogens is 2. The van der Waals surface area contributed by atoms with Crippen LogP contribution in [0, 0.1) is 20.8 Å². The molecule has 3 rings (SSSR count). The summed E-state index contributed by atoms with van der Waals surface area (Å²) < 4.78 is 36.2. The van der Waals surface area contributed by atoms with Crippen LogP contribution in [0.25, 0.3) is 5.69 Å². The molecule has 0 aliphatic carbocycles. The first kappa shape index (κ1) is 23.3. The van der Waals surface area contributed by atoms with E-state index in [0.717, 1.165) is 11.4 Å². The summed E-state index contributed by atoms with van der Waals surface area (Å²) in [5.74, 6) is 0. The summed E-state index contributed by atoms with van der Waals surface area (Å²) in [6.45, 7) is 10.6. The van der Waals surface area contributed by atoms with Gasteiger partial charge in [0, 0.05) is 11.9 Å². The zero-order valence-corrected chi connectivity index (χ0v) is 19.9. The minimum Gasteiger partial charge on any atom is -0.444 e. The van der Waals surface area contributed by atoms with Gasteiger partial charge in [0.1, 0.15) is 5.60 Å². The molecule has 1 amide bonds. The molecular weight excluding hydrogens is 428 g/mol. The number of hydrogen-bond donors (Lipinski definition) is 2. The standard InChI is InChI=1S/C23H28N4O4S/c1-15-8-7-9-19(25-22(28)31-23(4,5)6)21(15)26-32(29,30)20-11-10-18(12-16(20)2)27-13-17(3)24-14-27/h7-14,26H,1-6H3,(H,25,28). The van der Waals surface area contributed by atoms with Crippen molar-refractivity contribution in [2.75, 3.05) is 10.0 Å². The van der Waals surface area contributed by atoms with Crippen LogP contribution in [0.2, 0.25) is 0 Å². The van der Waals surface area contributed by atoms with Crippen LogP contribution in [0.1, 0.15) is 37.6 Å². The van der Waals surface area contributed by atoms with Crippen LogP contribution < -0.4 is 10.0 Å². The van der Waals surface area contributed by atoms with Crippen molar-refractivity contribution < 1.29 is 17.9 Å². The van der Waals surface area contributed by atoms with E-state index in [0.29, 0.717) is 16.8 Å². The van der Waals surface area contributed by atoms with Crippen molar-refractivity contribution in [3.8, 4) is 5.69 Å². The van der Waals surface area contributed by atoms with E-state index in [-0.39, 0.29) is 10.6 Å². The minimum atomic E-state index is -3.92. The number of sulfonamides is 1. The number of ether oxygens (including phenoxy) is 1. The monoisotopic (exact) mass is 456 g/mol. The van der Waals surface area contributed by atoms with Crippen molar-refractivity contribution in [3.63, 3.8) is 0 Å². The average Bonchev–Trinajstić information content (AvgIpc) is 3.09. The van der Waals surface area contributed by atoms with Gasteiger partial charge in [-0.1, -0.05) is 12.1 Å². The Hall–Kier alpha value is -3.33. The molecule has 0 atom stereocenters. The molecule has 0 fully saturated rings. The van der Waals surface area contributed by atoms with Crippen LogP contribution >= 0.6 is 0 Å². The Bertz CT molecular complexity index is 1260. The molecule has 1 aromatic heterocycles. The Kier molecular flexibility index (Phi) is 6.32. The maximum atomic E-state index is 13.2. The third-order valence-electron chi connectivity index (χ3n) is 4.60. The molecule has 1 heterocycles. The first-order valence-corrected chi connectivity index (χ1v) is 11.6. The zero-order chi connectivity index (χ0) is 23.7. The van der Waals surface area contributed by atoms with E-state index in [4.69, 9.17) is 4.74 Å². The van der Waals surface area contributed by atoms with Gasteiger partial charge < -0.3 is 9.30 Å². The predicted molar refractivity (Wildman–Crippen MR) is 125 cm³/mol. The lowest BCUT2D eigenvalue weighted by molar-refractivity contribution is 0.0636. The van der Waals surface area contributed by atoms with E-state index >= 15 is 0 Å². The van der Waals surface area contributed by atoms with Gasteiger partial charge in [0.25, 0.3) is 10.0 Å². The third-order valence-corrected chi connectivity index (χ3v) is 6.11. The molecule has 32 heavy (non-hydrogen) atoms. The van der Waals surface area contributed by atoms with Crippen molar-refractivity contribution in [2.45, 2.75) is 52.0 Å². The molecule has 8 nitrogen and oxygen atoms in total. The predicted octanol–water partition coefficient (Wildman–Crippen LogP) is 4.95. The zero-order valence-electron chi connectivity index (χ0n) is 19.1. The molecule has 0 radical (unpaired) electrons. The van der Waals surface area contributed by atoms with Gasteiger partial charge in [-0.15, -0.1) is 0 Å². The van der Waals surface area contributed by atoms with Gasteiger partial charge in [-0.05, 0) is 76.9 Å². The summed E-state index contributed by atoms with van der Waals surface area (Å²) in [6.07, 6.45) is 2.88. The molecule has 2 N–H and O–H groups in total. The second-order valence-corrected chi connectivity index (χ2v) is 10.3. The normalized spacial score (nSPS) is 11.8. The third kappa shape index (κ3) is 5.47. The highest BCUT2D eigenvalue weighted by Gasteiger charge is 2.22. The second-order valence-electron chi connectivity index (χ2n) is 8.60. The maximum Gasteiger partial charge on any atom is 0.412 e. The minimum absolute atomic E-state index is 0.143. The first-order valence-electron chi connectivity index (χ1n) is 10.1. The first-order chi connectivity index (χ1) is 14.9. The van der Waals surface area contributed by atoms with Gasteiger partial charge in [0.15, 0.2) is 0 Å². The van der Waals surface area contributed by atoms with Gasteiger partial charge in [-0.3, -0.25) is 10.0 Å². The number of anilines is 2. The fraction of sp³-hybridized carbons (Fsp3) is 0.304. The number of nitrogens with one attached hydrogen (secondary N) is 2. The van der Waals surface area contributed by atoms with E-state index in [2.05, 4.69) is 15.0 Å². The smallest absolute Gasteiger partial charge is 0.412 e. The van der Waals surface area contributed by atoms with Crippen LogP contribution in [-0.4, -0.2) is 29.7 Å². The molecule has 0 saturated heterocycles. The van der Waals surface area contributed by atoms with Gasteiger partial charge in [-0.2, -0.15) is 0 Å². The quantitative estimate of drug-likeness (QED) is 0.566. The summed E-state index contributed by atoms with van der Waals surface area (Å²) in [5, 5.41) is 2.63. The van der Waals surface area contributed by atoms with Crippen molar-refractivity contribution >= 4 is 27.5 Å². The van der Waals surface area contributed by atoms with E-state index in [1.165, 1.54) is 0 Å². The molecule has 0 aliphatic heterocycles. The van der Waals surface area contributed by atoms with E-state index in [1.54, 1.807) is 77.3 Å². The number of carbonyl (C=O) groups is 1. The number of nitrogens with zero attached hydrogens (tertiary/aromatic N) is 2. The summed E-state index contributed by atoms with van der Waals surface area (Å²) in [6, 6.07) is 10.2. The molecule has 0 saturated carbocycles. The van der Waals surface area contributed by atoms with Crippen LogP contribution in [-0.2, 0) is 14.8 Å². The number of aryl methyl sites for hydroxylation is 3. The molecule has 3 aromatic rings. The van der Waals surface area contributed by atoms with Gasteiger partial charge >= 0.3 is 6.09 Å². The Morgan fingerprint density at radius 3 is 2.38 bits per heavy atom. The molecule has 170 valence electrons. The summed E-state index contributed by atoms with van der Waals surface area (Å²) >= 11 is 0. The Balaban J connectivity index is 1.90. The topological polar surface area (TPSA) is 102 Å². The molecular formula is C23H28N4O4S. The van der Waals surface area contributed by atoms with Gasteiger partial charge in [0.05, 0.1) is 28.3 Å². The fourth-order valence-electron chi connectivity index (χ4n) is 3.17. The number of amides is 1. The van der Waals surface area contributed by atoms with E-state index in [9.17, 15) is 13.2 Å². The highest BCUT2D eigenvalue weighted by atomic mass is 32.2. The average molecular weight is 457 g/mol. The second kappa shape index (κ2) is 8.66. The van der Waals surface area contributed by atoms with Crippen molar-refractivity contribution in [1.29, 1.82) is 0 Å². The molecule has 0 spiro atoms. The Labute approximate surface area is 188 Å². The Morgan fingerprint density at radius 1 is 1.06 bits per heavy atom. The molecule has 0 unspecified atom stereocenters. The number of hydrogen-bond acceptors (Lipinski definition) is 5. The number of carbonyl (C=O) groups excluding carboxylic acids is 1. The van der Waals surface area contributed by atoms with Crippen molar-refractivity contribution in [2.24, 2.45) is 0 Å². The highest BCUT2D eigenvalue weighted by molar-refractivity contribution is 7.92. The van der Waals surface area contributed by atoms with Crippen molar-refractivity contribution in [3.05, 3.63) is 65.7 Å². The lowest BCUT2D eigenvalue weighted by Crippen LogP contribution is -2.27. The lowest BCUT2D eigenvalue weighted by Gasteiger charge is -2.21. The maximum absolute atomic E-state index is 13.2. The Morgan fingerprint density at radius 2 is 1.78 bits per heavy atom. The van der Waals surface area contributed by atoms with E-state index in [1.807, 2.05) is 17.7 Å². The largest absolute Gasteiger partial charge is 0.444 e. The van der Waals surface area contributed by atoms with Crippen LogP contribution in [0.15, 0.2) is 53.8 Å². The van der Waals surface area contributed by atoms with Gasteiger partial charge in [-0.25, -0.2) is 18.2 Å². The molecule has 2 aromatic carbocycles. The molecule has 9 heteroatoms. The number of rotatable bonds is 5. The molecule has 0 bridgehead atoms. The molecule has 0 aliphatic rings. The van der Waals surface area contributed by atoms with Crippen molar-refractivity contribution in [1.82, 2.24) is 9.55 Å². The van der Waals surface area contributed by atoms with Gasteiger partial charge in [0.2, 0.25) is 0 Å². The van der Waals surface area contributed by atoms with Crippen LogP contribution in [0.4, 0.5) is 16.2 Å². The summed E-state index contributed by atoms with van der Waals surface area (Å²) in [5.41, 5.74) is 2.83. The van der Waals surface area contributed by atoms with Crippen LogP contribution in [0.5, 0.6) is 0 Å². The number of benzene rings is 2. The SMILES string of the molecule is Cc1cn(-c2ccc(S(=O)(=O)Nc3c(C)cccc3NC(=O)OC(C)(C)C)c(C)c2)cn1. The lowest BCUT2D eigenvalue weighted by atomic mass is 10.2. The number of para-hydroxylation sites is 1.